The molecule has 2 atom stereocenters. The maximum atomic E-state index is 12.8. The summed E-state index contributed by atoms with van der Waals surface area (Å²) in [5.74, 6) is -0.336. The molecule has 0 aromatic heterocycles. The van der Waals surface area contributed by atoms with Crippen LogP contribution in [0.3, 0.4) is 0 Å². The van der Waals surface area contributed by atoms with Gasteiger partial charge in [0.05, 0.1) is 19.1 Å². The molecule has 6 heteroatoms. The molecular formula is C19H27NO5. The lowest BCUT2D eigenvalue weighted by Gasteiger charge is -2.24. The molecule has 0 radical (unpaired) electrons. The second-order valence-corrected chi connectivity index (χ2v) is 6.33. The summed E-state index contributed by atoms with van der Waals surface area (Å²) in [4.78, 5) is 25.7. The Morgan fingerprint density at radius 1 is 1.16 bits per heavy atom. The van der Waals surface area contributed by atoms with Crippen molar-refractivity contribution in [2.24, 2.45) is 5.92 Å². The quantitative estimate of drug-likeness (QED) is 0.780. The first-order valence-electron chi connectivity index (χ1n) is 8.93. The second-order valence-electron chi connectivity index (χ2n) is 6.33. The Hall–Kier alpha value is -2.24. The van der Waals surface area contributed by atoms with Gasteiger partial charge in [-0.05, 0) is 44.4 Å². The number of hydrogen-bond donors (Lipinski definition) is 1. The maximum Gasteiger partial charge on any atom is 0.308 e. The van der Waals surface area contributed by atoms with Gasteiger partial charge in [-0.3, -0.25) is 9.59 Å². The Kier molecular flexibility index (Phi) is 6.67. The summed E-state index contributed by atoms with van der Waals surface area (Å²) in [5.41, 5.74) is 0.493. The molecular weight excluding hydrogens is 322 g/mol. The first-order valence-corrected chi connectivity index (χ1v) is 8.93. The van der Waals surface area contributed by atoms with E-state index in [9.17, 15) is 14.7 Å². The van der Waals surface area contributed by atoms with Gasteiger partial charge in [0.1, 0.15) is 0 Å². The number of carboxylic acid groups (broad SMARTS) is 1. The van der Waals surface area contributed by atoms with Gasteiger partial charge in [0.25, 0.3) is 5.91 Å². The van der Waals surface area contributed by atoms with Crippen molar-refractivity contribution < 1.29 is 24.2 Å². The maximum absolute atomic E-state index is 12.8. The molecule has 0 aliphatic carbocycles. The minimum Gasteiger partial charge on any atom is -0.490 e. The largest absolute Gasteiger partial charge is 0.490 e. The zero-order chi connectivity index (χ0) is 18.4. The van der Waals surface area contributed by atoms with E-state index in [0.717, 1.165) is 12.8 Å². The van der Waals surface area contributed by atoms with Gasteiger partial charge in [-0.15, -0.1) is 0 Å². The van der Waals surface area contributed by atoms with E-state index in [-0.39, 0.29) is 11.9 Å². The number of likely N-dealkylation sites (tertiary alicyclic amines) is 1. The smallest absolute Gasteiger partial charge is 0.308 e. The van der Waals surface area contributed by atoms with Crippen molar-refractivity contribution >= 4 is 11.9 Å². The van der Waals surface area contributed by atoms with Crippen LogP contribution >= 0.6 is 0 Å². The van der Waals surface area contributed by atoms with Crippen LogP contribution in [0.25, 0.3) is 0 Å². The van der Waals surface area contributed by atoms with E-state index < -0.39 is 11.9 Å². The fourth-order valence-corrected chi connectivity index (χ4v) is 3.02. The van der Waals surface area contributed by atoms with Crippen molar-refractivity contribution in [3.8, 4) is 11.5 Å². The highest BCUT2D eigenvalue weighted by Crippen LogP contribution is 2.31. The summed E-state index contributed by atoms with van der Waals surface area (Å²) in [6.07, 6.45) is 2.23. The Morgan fingerprint density at radius 2 is 1.80 bits per heavy atom. The van der Waals surface area contributed by atoms with E-state index in [1.165, 1.54) is 0 Å². The average molecular weight is 349 g/mol. The molecule has 0 saturated carbocycles. The number of aliphatic carboxylic acids is 1. The molecule has 2 rings (SSSR count). The molecule has 1 amide bonds. The standard InChI is InChI=1S/C19H27NO5/c1-4-10-24-16-7-6-14(12-17(16)25-11-5-2)18(21)20-9-8-15(13(20)3)19(22)23/h6-7,12-13,15H,4-5,8-11H2,1-3H3,(H,22,23). The van der Waals surface area contributed by atoms with Crippen LogP contribution < -0.4 is 9.47 Å². The van der Waals surface area contributed by atoms with Crippen LogP contribution in [0, 0.1) is 5.92 Å². The molecule has 1 N–H and O–H groups in total. The van der Waals surface area contributed by atoms with E-state index in [1.807, 2.05) is 13.8 Å². The van der Waals surface area contributed by atoms with Crippen LogP contribution in [0.15, 0.2) is 18.2 Å². The van der Waals surface area contributed by atoms with Gasteiger partial charge >= 0.3 is 5.97 Å². The summed E-state index contributed by atoms with van der Waals surface area (Å²) >= 11 is 0. The first-order chi connectivity index (χ1) is 12.0. The molecule has 1 aromatic rings. The number of ether oxygens (including phenoxy) is 2. The molecule has 1 aliphatic heterocycles. The van der Waals surface area contributed by atoms with Crippen molar-refractivity contribution in [1.82, 2.24) is 4.90 Å². The van der Waals surface area contributed by atoms with Crippen LogP contribution in [0.2, 0.25) is 0 Å². The van der Waals surface area contributed by atoms with E-state index in [0.29, 0.717) is 43.2 Å². The predicted molar refractivity (Wildman–Crippen MR) is 94.3 cm³/mol. The Balaban J connectivity index is 2.20. The van der Waals surface area contributed by atoms with Crippen molar-refractivity contribution in [1.29, 1.82) is 0 Å². The Bertz CT molecular complexity index is 616. The van der Waals surface area contributed by atoms with E-state index in [1.54, 1.807) is 30.0 Å². The molecule has 1 aliphatic rings. The molecule has 138 valence electrons. The summed E-state index contributed by atoms with van der Waals surface area (Å²) < 4.78 is 11.4. The lowest BCUT2D eigenvalue weighted by atomic mass is 10.0. The van der Waals surface area contributed by atoms with E-state index >= 15 is 0 Å². The van der Waals surface area contributed by atoms with Crippen LogP contribution in [0.4, 0.5) is 0 Å². The SMILES string of the molecule is CCCOc1ccc(C(=O)N2CCC(C(=O)O)C2C)cc1OCCC. The number of amides is 1. The third-order valence-electron chi connectivity index (χ3n) is 4.45. The number of carbonyl (C=O) groups is 2. The zero-order valence-electron chi connectivity index (χ0n) is 15.2. The minimum absolute atomic E-state index is 0.167. The van der Waals surface area contributed by atoms with Crippen LogP contribution in [0.1, 0.15) is 50.4 Å². The molecule has 25 heavy (non-hydrogen) atoms. The zero-order valence-corrected chi connectivity index (χ0v) is 15.2. The van der Waals surface area contributed by atoms with Gasteiger partial charge in [0, 0.05) is 18.2 Å². The first kappa shape index (κ1) is 19.1. The third-order valence-corrected chi connectivity index (χ3v) is 4.45. The van der Waals surface area contributed by atoms with E-state index in [2.05, 4.69) is 0 Å². The fourth-order valence-electron chi connectivity index (χ4n) is 3.02. The molecule has 2 unspecified atom stereocenters. The molecule has 1 aromatic carbocycles. The van der Waals surface area contributed by atoms with Gasteiger partial charge < -0.3 is 19.5 Å². The number of carboxylic acids is 1. The van der Waals surface area contributed by atoms with Crippen molar-refractivity contribution in [3.05, 3.63) is 23.8 Å². The van der Waals surface area contributed by atoms with Gasteiger partial charge in [-0.2, -0.15) is 0 Å². The third kappa shape index (κ3) is 4.44. The van der Waals surface area contributed by atoms with E-state index in [4.69, 9.17) is 9.47 Å². The monoisotopic (exact) mass is 349 g/mol. The van der Waals surface area contributed by atoms with Gasteiger partial charge in [-0.25, -0.2) is 0 Å². The fraction of sp³-hybridized carbons (Fsp3) is 0.579. The number of carbonyl (C=O) groups excluding carboxylic acids is 1. The predicted octanol–water partition coefficient (Wildman–Crippen LogP) is 3.20. The average Bonchev–Trinajstić information content (AvgIpc) is 2.99. The van der Waals surface area contributed by atoms with Crippen LogP contribution in [-0.4, -0.2) is 47.7 Å². The van der Waals surface area contributed by atoms with Crippen molar-refractivity contribution in [2.45, 2.75) is 46.1 Å². The number of rotatable bonds is 8. The molecule has 1 heterocycles. The number of nitrogens with zero attached hydrogens (tertiary/aromatic N) is 1. The summed E-state index contributed by atoms with van der Waals surface area (Å²) in [6.45, 7) is 7.41. The molecule has 0 bridgehead atoms. The van der Waals surface area contributed by atoms with Crippen molar-refractivity contribution in [2.75, 3.05) is 19.8 Å². The summed E-state index contributed by atoms with van der Waals surface area (Å²) in [5, 5.41) is 9.24. The number of hydrogen-bond acceptors (Lipinski definition) is 4. The van der Waals surface area contributed by atoms with Crippen LogP contribution in [0.5, 0.6) is 11.5 Å². The van der Waals surface area contributed by atoms with Gasteiger partial charge in [0.15, 0.2) is 11.5 Å². The highest BCUT2D eigenvalue weighted by Gasteiger charge is 2.38. The summed E-state index contributed by atoms with van der Waals surface area (Å²) in [7, 11) is 0. The van der Waals surface area contributed by atoms with Crippen LogP contribution in [-0.2, 0) is 4.79 Å². The Labute approximate surface area is 148 Å². The topological polar surface area (TPSA) is 76.1 Å². The van der Waals surface area contributed by atoms with Crippen molar-refractivity contribution in [3.63, 3.8) is 0 Å². The highest BCUT2D eigenvalue weighted by atomic mass is 16.5. The summed E-state index contributed by atoms with van der Waals surface area (Å²) in [6, 6.07) is 4.85. The molecule has 6 nitrogen and oxygen atoms in total. The normalized spacial score (nSPS) is 19.7. The highest BCUT2D eigenvalue weighted by molar-refractivity contribution is 5.95. The lowest BCUT2D eigenvalue weighted by molar-refractivity contribution is -0.142. The Morgan fingerprint density at radius 3 is 2.36 bits per heavy atom. The van der Waals surface area contributed by atoms with Gasteiger partial charge in [0.2, 0.25) is 0 Å². The lowest BCUT2D eigenvalue weighted by Crippen LogP contribution is -2.37. The number of benzene rings is 1. The molecule has 1 fully saturated rings. The molecule has 1 saturated heterocycles. The molecule has 0 spiro atoms. The van der Waals surface area contributed by atoms with Gasteiger partial charge in [-0.1, -0.05) is 13.8 Å². The second kappa shape index (κ2) is 8.74. The minimum atomic E-state index is -0.849.